The summed E-state index contributed by atoms with van der Waals surface area (Å²) in [6.07, 6.45) is 0.173. The van der Waals surface area contributed by atoms with Gasteiger partial charge in [-0.2, -0.15) is 0 Å². The Balaban J connectivity index is 1.53. The molecule has 0 aliphatic rings. The van der Waals surface area contributed by atoms with E-state index in [-0.39, 0.29) is 30.7 Å². The van der Waals surface area contributed by atoms with Crippen molar-refractivity contribution in [3.8, 4) is 5.75 Å². The lowest BCUT2D eigenvalue weighted by molar-refractivity contribution is -0.122. The third kappa shape index (κ3) is 4.35. The Kier molecular flexibility index (Phi) is 5.29. The molecule has 0 heterocycles. The maximum atomic E-state index is 13.4. The van der Waals surface area contributed by atoms with Gasteiger partial charge in [-0.05, 0) is 41.5 Å². The lowest BCUT2D eigenvalue weighted by atomic mass is 10.0. The van der Waals surface area contributed by atoms with Gasteiger partial charge in [0, 0.05) is 0 Å². The molecule has 3 aromatic rings. The van der Waals surface area contributed by atoms with Gasteiger partial charge in [0.2, 0.25) is 5.91 Å². The van der Waals surface area contributed by atoms with Gasteiger partial charge in [0.1, 0.15) is 0 Å². The molecule has 0 spiro atoms. The van der Waals surface area contributed by atoms with Crippen LogP contribution in [0.2, 0.25) is 0 Å². The summed E-state index contributed by atoms with van der Waals surface area (Å²) in [5.41, 5.74) is 1.04. The number of para-hydroxylation sites is 1. The van der Waals surface area contributed by atoms with Crippen LogP contribution in [0.25, 0.3) is 10.8 Å². The monoisotopic (exact) mass is 337 g/mol. The molecule has 0 radical (unpaired) electrons. The molecule has 0 fully saturated rings. The van der Waals surface area contributed by atoms with Crippen molar-refractivity contribution in [3.05, 3.63) is 78.1 Å². The predicted molar refractivity (Wildman–Crippen MR) is 97.0 cm³/mol. The number of nitrogens with one attached hydrogen (secondary N) is 1. The quantitative estimate of drug-likeness (QED) is 0.712. The van der Waals surface area contributed by atoms with Crippen LogP contribution in [0.15, 0.2) is 66.7 Å². The molecule has 128 valence electrons. The molecular weight excluding hydrogens is 317 g/mol. The highest BCUT2D eigenvalue weighted by Crippen LogP contribution is 2.20. The van der Waals surface area contributed by atoms with E-state index in [2.05, 4.69) is 29.6 Å². The Bertz CT molecular complexity index is 878. The summed E-state index contributed by atoms with van der Waals surface area (Å²) >= 11 is 0. The van der Waals surface area contributed by atoms with E-state index < -0.39 is 5.82 Å². The summed E-state index contributed by atoms with van der Waals surface area (Å²) in [6, 6.07) is 20.3. The molecule has 25 heavy (non-hydrogen) atoms. The summed E-state index contributed by atoms with van der Waals surface area (Å²) in [6.45, 7) is 2.08. The normalized spacial score (nSPS) is 11.9. The maximum Gasteiger partial charge on any atom is 0.223 e. The zero-order valence-corrected chi connectivity index (χ0v) is 14.0. The number of hydrogen-bond acceptors (Lipinski definition) is 2. The van der Waals surface area contributed by atoms with Crippen LogP contribution in [-0.2, 0) is 4.79 Å². The van der Waals surface area contributed by atoms with Gasteiger partial charge < -0.3 is 10.1 Å². The van der Waals surface area contributed by atoms with E-state index in [1.54, 1.807) is 18.2 Å². The van der Waals surface area contributed by atoms with Gasteiger partial charge >= 0.3 is 0 Å². The lowest BCUT2D eigenvalue weighted by Gasteiger charge is -2.15. The second-order valence-electron chi connectivity index (χ2n) is 5.92. The van der Waals surface area contributed by atoms with Crippen LogP contribution in [0, 0.1) is 5.82 Å². The minimum atomic E-state index is -0.424. The Morgan fingerprint density at radius 3 is 2.56 bits per heavy atom. The van der Waals surface area contributed by atoms with Crippen molar-refractivity contribution in [3.63, 3.8) is 0 Å². The summed E-state index contributed by atoms with van der Waals surface area (Å²) in [4.78, 5) is 12.1. The molecule has 3 aromatic carbocycles. The Morgan fingerprint density at radius 1 is 1.04 bits per heavy atom. The summed E-state index contributed by atoms with van der Waals surface area (Å²) in [5, 5.41) is 5.26. The van der Waals surface area contributed by atoms with Gasteiger partial charge in [-0.1, -0.05) is 48.5 Å². The zero-order valence-electron chi connectivity index (χ0n) is 14.0. The average molecular weight is 337 g/mol. The minimum absolute atomic E-state index is 0.106. The van der Waals surface area contributed by atoms with Gasteiger partial charge in [-0.25, -0.2) is 4.39 Å². The zero-order chi connectivity index (χ0) is 17.6. The fraction of sp³-hybridized carbons (Fsp3) is 0.190. The first kappa shape index (κ1) is 17.0. The number of hydrogen-bond donors (Lipinski definition) is 1. The number of carbonyl (C=O) groups excluding carboxylic acids is 1. The Morgan fingerprint density at radius 2 is 1.76 bits per heavy atom. The van der Waals surface area contributed by atoms with E-state index in [0.29, 0.717) is 0 Å². The molecule has 0 aliphatic heterocycles. The topological polar surface area (TPSA) is 38.3 Å². The number of benzene rings is 3. The molecule has 0 saturated carbocycles. The Hall–Kier alpha value is -2.88. The van der Waals surface area contributed by atoms with Crippen LogP contribution in [0.5, 0.6) is 5.75 Å². The fourth-order valence-corrected chi connectivity index (χ4v) is 2.69. The standard InChI is InChI=1S/C21H20FNO2/c1-15(17-11-10-16-6-2-3-7-18(16)14-17)23-21(24)12-13-25-20-9-5-4-8-19(20)22/h2-11,14-15H,12-13H2,1H3,(H,23,24). The van der Waals surface area contributed by atoms with Crippen LogP contribution in [-0.4, -0.2) is 12.5 Å². The van der Waals surface area contributed by atoms with Crippen LogP contribution in [0.1, 0.15) is 24.9 Å². The molecule has 4 heteroatoms. The molecule has 3 rings (SSSR count). The van der Waals surface area contributed by atoms with E-state index in [1.807, 2.05) is 25.1 Å². The SMILES string of the molecule is CC(NC(=O)CCOc1ccccc1F)c1ccc2ccccc2c1. The second kappa shape index (κ2) is 7.79. The Labute approximate surface area is 146 Å². The van der Waals surface area contributed by atoms with Crippen LogP contribution < -0.4 is 10.1 Å². The van der Waals surface area contributed by atoms with Crippen molar-refractivity contribution >= 4 is 16.7 Å². The van der Waals surface area contributed by atoms with Crippen molar-refractivity contribution in [2.75, 3.05) is 6.61 Å². The first-order valence-electron chi connectivity index (χ1n) is 8.29. The highest BCUT2D eigenvalue weighted by molar-refractivity contribution is 5.83. The lowest BCUT2D eigenvalue weighted by Crippen LogP contribution is -2.27. The van der Waals surface area contributed by atoms with Gasteiger partial charge in [0.25, 0.3) is 0 Å². The molecule has 0 aliphatic carbocycles. The molecule has 0 bridgehead atoms. The molecular formula is C21H20FNO2. The van der Waals surface area contributed by atoms with Gasteiger partial charge in [0.05, 0.1) is 19.1 Å². The fourth-order valence-electron chi connectivity index (χ4n) is 2.69. The van der Waals surface area contributed by atoms with E-state index in [9.17, 15) is 9.18 Å². The third-order valence-electron chi connectivity index (χ3n) is 4.07. The number of fused-ring (bicyclic) bond motifs is 1. The summed E-state index contributed by atoms with van der Waals surface area (Å²) in [5.74, 6) is -0.387. The first-order valence-corrected chi connectivity index (χ1v) is 8.29. The highest BCUT2D eigenvalue weighted by atomic mass is 19.1. The predicted octanol–water partition coefficient (Wildman–Crippen LogP) is 4.63. The van der Waals surface area contributed by atoms with E-state index in [4.69, 9.17) is 4.74 Å². The van der Waals surface area contributed by atoms with E-state index in [0.717, 1.165) is 10.9 Å². The van der Waals surface area contributed by atoms with Crippen molar-refractivity contribution in [1.29, 1.82) is 0 Å². The first-order chi connectivity index (χ1) is 12.1. The molecule has 1 amide bonds. The van der Waals surface area contributed by atoms with Crippen LogP contribution in [0.4, 0.5) is 4.39 Å². The van der Waals surface area contributed by atoms with Crippen molar-refractivity contribution < 1.29 is 13.9 Å². The second-order valence-corrected chi connectivity index (χ2v) is 5.92. The molecule has 1 N–H and O–H groups in total. The number of carbonyl (C=O) groups is 1. The van der Waals surface area contributed by atoms with Crippen molar-refractivity contribution in [2.24, 2.45) is 0 Å². The molecule has 1 atom stereocenters. The van der Waals surface area contributed by atoms with Gasteiger partial charge in [-0.3, -0.25) is 4.79 Å². The largest absolute Gasteiger partial charge is 0.490 e. The van der Waals surface area contributed by atoms with Crippen LogP contribution in [0.3, 0.4) is 0 Å². The number of halogens is 1. The number of ether oxygens (including phenoxy) is 1. The van der Waals surface area contributed by atoms with E-state index >= 15 is 0 Å². The molecule has 3 nitrogen and oxygen atoms in total. The maximum absolute atomic E-state index is 13.4. The van der Waals surface area contributed by atoms with Gasteiger partial charge in [-0.15, -0.1) is 0 Å². The molecule has 0 aromatic heterocycles. The number of amides is 1. The average Bonchev–Trinajstić information content (AvgIpc) is 2.63. The van der Waals surface area contributed by atoms with Gasteiger partial charge in [0.15, 0.2) is 11.6 Å². The summed E-state index contributed by atoms with van der Waals surface area (Å²) in [7, 11) is 0. The molecule has 1 unspecified atom stereocenters. The van der Waals surface area contributed by atoms with E-state index in [1.165, 1.54) is 11.5 Å². The number of rotatable bonds is 6. The van der Waals surface area contributed by atoms with Crippen LogP contribution >= 0.6 is 0 Å². The van der Waals surface area contributed by atoms with Crippen molar-refractivity contribution in [1.82, 2.24) is 5.32 Å². The summed E-state index contributed by atoms with van der Waals surface area (Å²) < 4.78 is 18.8. The third-order valence-corrected chi connectivity index (χ3v) is 4.07. The smallest absolute Gasteiger partial charge is 0.223 e. The van der Waals surface area contributed by atoms with Crippen molar-refractivity contribution in [2.45, 2.75) is 19.4 Å². The minimum Gasteiger partial charge on any atom is -0.490 e. The highest BCUT2D eigenvalue weighted by Gasteiger charge is 2.11. The molecule has 0 saturated heterocycles.